The number of fused-ring (bicyclic) bond motifs is 2. The van der Waals surface area contributed by atoms with E-state index in [-0.39, 0.29) is 40.6 Å². The number of aryl methyl sites for hydroxylation is 2. The first-order valence-electron chi connectivity index (χ1n) is 8.96. The van der Waals surface area contributed by atoms with Gasteiger partial charge in [-0.1, -0.05) is 0 Å². The van der Waals surface area contributed by atoms with E-state index < -0.39 is 0 Å². The molecule has 0 amide bonds. The molecule has 2 aromatic heterocycles. The summed E-state index contributed by atoms with van der Waals surface area (Å²) < 4.78 is 16.5. The van der Waals surface area contributed by atoms with Crippen LogP contribution in [0.5, 0.6) is 11.5 Å². The zero-order valence-electron chi connectivity index (χ0n) is 15.6. The van der Waals surface area contributed by atoms with E-state index in [4.69, 9.17) is 9.47 Å². The van der Waals surface area contributed by atoms with E-state index >= 15 is 0 Å². The molecule has 2 heterocycles. The first-order valence-corrected chi connectivity index (χ1v) is 12.2. The molecule has 0 fully saturated rings. The summed E-state index contributed by atoms with van der Waals surface area (Å²) in [5, 5.41) is 1.53. The number of aromatic nitrogens is 2. The van der Waals surface area contributed by atoms with Crippen LogP contribution in [0.15, 0.2) is 46.0 Å². The van der Waals surface area contributed by atoms with Crippen LogP contribution in [0.3, 0.4) is 0 Å². The van der Waals surface area contributed by atoms with Gasteiger partial charge in [0, 0.05) is 0 Å². The molecule has 0 radical (unpaired) electrons. The fourth-order valence-corrected chi connectivity index (χ4v) is 7.41. The van der Waals surface area contributed by atoms with Crippen LogP contribution in [-0.2, 0) is 13.1 Å². The van der Waals surface area contributed by atoms with Crippen molar-refractivity contribution in [3.63, 3.8) is 0 Å². The second-order valence-corrected chi connectivity index (χ2v) is 10.9. The molecule has 0 spiro atoms. The van der Waals surface area contributed by atoms with Crippen LogP contribution < -0.4 is 20.6 Å². The summed E-state index contributed by atoms with van der Waals surface area (Å²) >= 11 is 0.0533. The number of nitrogens with zero attached hydrogens (tertiary/aromatic N) is 2. The van der Waals surface area contributed by atoms with E-state index in [1.807, 2.05) is 43.5 Å². The molecule has 0 N–H and O–H groups in total. The SMILES string of the molecule is COc1ccc2[se]n(CCCCn3[se]c4ccc(OC)cc4c3=O)c(=O)c2c1. The Kier molecular flexibility index (Phi) is 5.65. The van der Waals surface area contributed by atoms with Crippen LogP contribution in [0.2, 0.25) is 0 Å². The number of methoxy groups -OCH3 is 2. The van der Waals surface area contributed by atoms with Crippen LogP contribution in [0.1, 0.15) is 12.8 Å². The van der Waals surface area contributed by atoms with E-state index in [1.54, 1.807) is 14.2 Å². The fourth-order valence-electron chi connectivity index (χ4n) is 3.16. The molecule has 146 valence electrons. The van der Waals surface area contributed by atoms with Gasteiger partial charge in [-0.2, -0.15) is 0 Å². The van der Waals surface area contributed by atoms with Gasteiger partial charge in [0.15, 0.2) is 0 Å². The van der Waals surface area contributed by atoms with Gasteiger partial charge >= 0.3 is 174 Å². The van der Waals surface area contributed by atoms with Gasteiger partial charge in [0.1, 0.15) is 0 Å². The minimum absolute atomic E-state index is 0.0267. The van der Waals surface area contributed by atoms with E-state index in [2.05, 4.69) is 0 Å². The normalized spacial score (nSPS) is 11.4. The molecule has 0 aliphatic carbocycles. The third-order valence-electron chi connectivity index (χ3n) is 4.68. The zero-order chi connectivity index (χ0) is 19.7. The monoisotopic (exact) mass is 512 g/mol. The standard InChI is InChI=1S/C20H20N2O4Se2/c1-25-13-5-7-17-15(11-13)19(23)21(27-17)9-3-4-10-22-20(24)16-12-14(26-2)6-8-18(16)28-22/h5-8,11-12H,3-4,9-10H2,1-2H3. The maximum absolute atomic E-state index is 12.6. The molecule has 2 aromatic carbocycles. The van der Waals surface area contributed by atoms with Gasteiger partial charge in [0.2, 0.25) is 0 Å². The molecule has 28 heavy (non-hydrogen) atoms. The number of ether oxygens (including phenoxy) is 2. The third-order valence-corrected chi connectivity index (χ3v) is 9.38. The van der Waals surface area contributed by atoms with E-state index in [0.717, 1.165) is 56.7 Å². The molecule has 4 aromatic rings. The Balaban J connectivity index is 1.44. The van der Waals surface area contributed by atoms with Crippen molar-refractivity contribution in [2.24, 2.45) is 0 Å². The minimum atomic E-state index is 0.0267. The summed E-state index contributed by atoms with van der Waals surface area (Å²) in [4.78, 5) is 25.2. The Bertz CT molecular complexity index is 1150. The van der Waals surface area contributed by atoms with Crippen LogP contribution in [0.25, 0.3) is 19.3 Å². The Morgan fingerprint density at radius 1 is 0.750 bits per heavy atom. The van der Waals surface area contributed by atoms with E-state index in [9.17, 15) is 9.59 Å². The van der Waals surface area contributed by atoms with Crippen molar-refractivity contribution in [3.8, 4) is 11.5 Å². The van der Waals surface area contributed by atoms with Gasteiger partial charge in [0.25, 0.3) is 0 Å². The molecule has 0 aliphatic heterocycles. The van der Waals surface area contributed by atoms with Crippen molar-refractivity contribution in [1.82, 2.24) is 7.12 Å². The second-order valence-electron chi connectivity index (χ2n) is 6.43. The maximum atomic E-state index is 12.6. The van der Waals surface area contributed by atoms with Crippen LogP contribution in [0, 0.1) is 0 Å². The first kappa shape index (κ1) is 19.3. The number of hydrogen-bond donors (Lipinski definition) is 0. The number of benzene rings is 2. The van der Waals surface area contributed by atoms with Crippen LogP contribution in [0.4, 0.5) is 0 Å². The van der Waals surface area contributed by atoms with Gasteiger partial charge in [-0.3, -0.25) is 0 Å². The summed E-state index contributed by atoms with van der Waals surface area (Å²) in [7, 11) is 3.22. The topological polar surface area (TPSA) is 62.5 Å². The Hall–Kier alpha value is -1.98. The van der Waals surface area contributed by atoms with Crippen LogP contribution in [-0.4, -0.2) is 50.8 Å². The molecule has 0 aliphatic rings. The first-order chi connectivity index (χ1) is 13.6. The fraction of sp³-hybridized carbons (Fsp3) is 0.300. The Morgan fingerprint density at radius 3 is 1.57 bits per heavy atom. The summed E-state index contributed by atoms with van der Waals surface area (Å²) in [5.74, 6) is 1.44. The van der Waals surface area contributed by atoms with Gasteiger partial charge in [0.05, 0.1) is 0 Å². The van der Waals surface area contributed by atoms with Gasteiger partial charge in [-0.15, -0.1) is 0 Å². The van der Waals surface area contributed by atoms with Crippen molar-refractivity contribution < 1.29 is 9.47 Å². The average molecular weight is 510 g/mol. The molecule has 6 nitrogen and oxygen atoms in total. The number of unbranched alkanes of at least 4 members (excludes halogenated alkanes) is 1. The average Bonchev–Trinajstić information content (AvgIpc) is 3.21. The molecule has 0 bridgehead atoms. The molecular weight excluding hydrogens is 490 g/mol. The van der Waals surface area contributed by atoms with Gasteiger partial charge < -0.3 is 0 Å². The van der Waals surface area contributed by atoms with Crippen molar-refractivity contribution in [3.05, 3.63) is 57.1 Å². The van der Waals surface area contributed by atoms with E-state index in [1.165, 1.54) is 0 Å². The molecular formula is C20H20N2O4Se2. The number of hydrogen-bond acceptors (Lipinski definition) is 4. The molecule has 4 rings (SSSR count). The third kappa shape index (κ3) is 3.65. The number of rotatable bonds is 7. The molecule has 8 heteroatoms. The van der Waals surface area contributed by atoms with Gasteiger partial charge in [-0.25, -0.2) is 0 Å². The molecule has 0 atom stereocenters. The Morgan fingerprint density at radius 2 is 1.18 bits per heavy atom. The summed E-state index contributed by atoms with van der Waals surface area (Å²) in [5.41, 5.74) is 0.185. The van der Waals surface area contributed by atoms with Crippen molar-refractivity contribution in [2.75, 3.05) is 14.2 Å². The van der Waals surface area contributed by atoms with Crippen molar-refractivity contribution >= 4 is 48.8 Å². The van der Waals surface area contributed by atoms with Crippen molar-refractivity contribution in [1.29, 1.82) is 0 Å². The summed E-state index contributed by atoms with van der Waals surface area (Å²) in [6.07, 6.45) is 1.77. The molecule has 0 saturated heterocycles. The predicted octanol–water partition coefficient (Wildman–Crippen LogP) is 1.93. The molecule has 0 unspecified atom stereocenters. The van der Waals surface area contributed by atoms with Gasteiger partial charge in [-0.05, 0) is 0 Å². The predicted molar refractivity (Wildman–Crippen MR) is 113 cm³/mol. The van der Waals surface area contributed by atoms with Crippen LogP contribution >= 0.6 is 0 Å². The summed E-state index contributed by atoms with van der Waals surface area (Å²) in [6, 6.07) is 11.5. The Labute approximate surface area is 173 Å². The molecule has 0 saturated carbocycles. The van der Waals surface area contributed by atoms with E-state index in [0.29, 0.717) is 0 Å². The quantitative estimate of drug-likeness (QED) is 0.282. The zero-order valence-corrected chi connectivity index (χ0v) is 19.1. The van der Waals surface area contributed by atoms with Crippen molar-refractivity contribution in [2.45, 2.75) is 25.9 Å². The summed E-state index contributed by atoms with van der Waals surface area (Å²) in [6.45, 7) is 1.46. The second kappa shape index (κ2) is 8.17.